The summed E-state index contributed by atoms with van der Waals surface area (Å²) in [5, 5.41) is 5.54. The van der Waals surface area contributed by atoms with Crippen LogP contribution < -0.4 is 16.1 Å². The number of nitrogens with zero attached hydrogens (tertiary/aromatic N) is 1. The van der Waals surface area contributed by atoms with Gasteiger partial charge < -0.3 is 10.6 Å². The van der Waals surface area contributed by atoms with Gasteiger partial charge in [-0.3, -0.25) is 4.79 Å². The van der Waals surface area contributed by atoms with Crippen LogP contribution in [0, 0.1) is 5.82 Å². The van der Waals surface area contributed by atoms with E-state index in [1.54, 1.807) is 13.8 Å². The molecule has 9 heteroatoms. The summed E-state index contributed by atoms with van der Waals surface area (Å²) in [6.07, 6.45) is 0.777. The fraction of sp³-hybridized carbons (Fsp3) is 0.357. The second kappa shape index (κ2) is 6.41. The minimum Gasteiger partial charge on any atom is -0.322 e. The van der Waals surface area contributed by atoms with Crippen LogP contribution in [0.2, 0.25) is 5.02 Å². The van der Waals surface area contributed by atoms with Crippen molar-refractivity contribution in [1.29, 1.82) is 0 Å². The first-order valence-corrected chi connectivity index (χ1v) is 7.40. The van der Waals surface area contributed by atoms with E-state index in [0.29, 0.717) is 17.9 Å². The van der Waals surface area contributed by atoms with Crippen LogP contribution in [0.25, 0.3) is 0 Å². The van der Waals surface area contributed by atoms with Crippen molar-refractivity contribution < 1.29 is 18.8 Å². The largest absolute Gasteiger partial charge is 0.344 e. The summed E-state index contributed by atoms with van der Waals surface area (Å²) in [5.41, 5.74) is 0.954. The summed E-state index contributed by atoms with van der Waals surface area (Å²) in [6, 6.07) is 2.05. The molecule has 0 atom stereocenters. The van der Waals surface area contributed by atoms with Crippen molar-refractivity contribution in [3.05, 3.63) is 29.0 Å². The van der Waals surface area contributed by atoms with Gasteiger partial charge >= 0.3 is 12.1 Å². The Labute approximate surface area is 137 Å². The summed E-state index contributed by atoms with van der Waals surface area (Å²) in [7, 11) is 0. The van der Waals surface area contributed by atoms with Gasteiger partial charge in [-0.25, -0.2) is 19.4 Å². The first-order chi connectivity index (χ1) is 10.8. The third kappa shape index (κ3) is 3.21. The Bertz CT molecular complexity index is 663. The minimum atomic E-state index is -1.03. The fourth-order valence-corrected chi connectivity index (χ4v) is 2.45. The quantitative estimate of drug-likeness (QED) is 0.735. The van der Waals surface area contributed by atoms with E-state index < -0.39 is 29.3 Å². The van der Waals surface area contributed by atoms with Crippen LogP contribution in [0.15, 0.2) is 18.2 Å². The van der Waals surface area contributed by atoms with Crippen LogP contribution in [0.4, 0.5) is 19.7 Å². The van der Waals surface area contributed by atoms with Gasteiger partial charge in [0.05, 0.1) is 5.69 Å². The van der Waals surface area contributed by atoms with Gasteiger partial charge in [-0.2, -0.15) is 5.01 Å². The Hall–Kier alpha value is -2.35. The van der Waals surface area contributed by atoms with Crippen molar-refractivity contribution in [2.24, 2.45) is 0 Å². The van der Waals surface area contributed by atoms with E-state index >= 15 is 0 Å². The van der Waals surface area contributed by atoms with Crippen molar-refractivity contribution in [3.63, 3.8) is 0 Å². The third-order valence-electron chi connectivity index (χ3n) is 3.76. The first-order valence-electron chi connectivity index (χ1n) is 7.02. The Balaban J connectivity index is 2.08. The van der Waals surface area contributed by atoms with Gasteiger partial charge in [0, 0.05) is 5.02 Å². The van der Waals surface area contributed by atoms with Crippen molar-refractivity contribution in [3.8, 4) is 0 Å². The molecule has 1 aromatic carbocycles. The Morgan fingerprint density at radius 1 is 1.35 bits per heavy atom. The van der Waals surface area contributed by atoms with E-state index in [1.165, 1.54) is 12.1 Å². The van der Waals surface area contributed by atoms with Gasteiger partial charge in [-0.1, -0.05) is 25.4 Å². The molecule has 23 heavy (non-hydrogen) atoms. The second-order valence-corrected chi connectivity index (χ2v) is 5.49. The number of anilines is 1. The molecule has 1 aliphatic rings. The van der Waals surface area contributed by atoms with Crippen molar-refractivity contribution in [1.82, 2.24) is 15.8 Å². The molecule has 1 fully saturated rings. The molecule has 1 saturated heterocycles. The number of nitrogens with one attached hydrogen (secondary N) is 3. The predicted octanol–water partition coefficient (Wildman–Crippen LogP) is 2.63. The molecule has 5 amide bonds. The van der Waals surface area contributed by atoms with Crippen LogP contribution in [0.3, 0.4) is 0 Å². The minimum absolute atomic E-state index is 0.129. The topological polar surface area (TPSA) is 90.5 Å². The second-order valence-electron chi connectivity index (χ2n) is 5.05. The number of imide groups is 1. The lowest BCUT2D eigenvalue weighted by molar-refractivity contribution is -0.133. The Kier molecular flexibility index (Phi) is 4.74. The molecule has 2 rings (SSSR count). The molecule has 0 spiro atoms. The SMILES string of the molecule is CCC1(CC)NC(=O)N(NC(=O)Nc2ccc(Cl)cc2F)C1=O. The molecule has 1 heterocycles. The number of halogens is 2. The number of rotatable bonds is 4. The van der Waals surface area contributed by atoms with Crippen LogP contribution >= 0.6 is 11.6 Å². The van der Waals surface area contributed by atoms with Crippen LogP contribution in [0.1, 0.15) is 26.7 Å². The third-order valence-corrected chi connectivity index (χ3v) is 4.00. The highest BCUT2D eigenvalue weighted by atomic mass is 35.5. The lowest BCUT2D eigenvalue weighted by atomic mass is 9.93. The highest BCUT2D eigenvalue weighted by Gasteiger charge is 2.49. The number of carbonyl (C=O) groups is 3. The van der Waals surface area contributed by atoms with Gasteiger partial charge in [0.15, 0.2) is 0 Å². The number of hydrogen-bond acceptors (Lipinski definition) is 3. The number of benzene rings is 1. The van der Waals surface area contributed by atoms with E-state index in [1.807, 2.05) is 0 Å². The molecule has 0 radical (unpaired) electrons. The number of amides is 5. The number of hydrazine groups is 1. The summed E-state index contributed by atoms with van der Waals surface area (Å²) in [6.45, 7) is 3.52. The Morgan fingerprint density at radius 3 is 2.52 bits per heavy atom. The zero-order chi connectivity index (χ0) is 17.2. The van der Waals surface area contributed by atoms with E-state index in [-0.39, 0.29) is 10.7 Å². The molecule has 124 valence electrons. The zero-order valence-electron chi connectivity index (χ0n) is 12.6. The molecule has 0 saturated carbocycles. The van der Waals surface area contributed by atoms with Crippen molar-refractivity contribution in [2.75, 3.05) is 5.32 Å². The van der Waals surface area contributed by atoms with Gasteiger partial charge in [0.25, 0.3) is 5.91 Å². The normalized spacial score (nSPS) is 16.3. The molecular weight excluding hydrogens is 327 g/mol. The molecule has 1 aliphatic heterocycles. The zero-order valence-corrected chi connectivity index (χ0v) is 13.3. The summed E-state index contributed by atoms with van der Waals surface area (Å²) in [5.74, 6) is -1.29. The molecule has 0 bridgehead atoms. The van der Waals surface area contributed by atoms with E-state index in [2.05, 4.69) is 16.1 Å². The lowest BCUT2D eigenvalue weighted by Crippen LogP contribution is -2.50. The standard InChI is InChI=1S/C14H16ClFN4O3/c1-3-14(4-2)11(21)20(13(23)18-14)19-12(22)17-10-6-5-8(15)7-9(10)16/h5-7H,3-4H2,1-2H3,(H,18,23)(H2,17,19,22). The van der Waals surface area contributed by atoms with Gasteiger partial charge in [0.2, 0.25) is 0 Å². The van der Waals surface area contributed by atoms with Crippen LogP contribution in [0.5, 0.6) is 0 Å². The van der Waals surface area contributed by atoms with Crippen molar-refractivity contribution in [2.45, 2.75) is 32.2 Å². The molecule has 3 N–H and O–H groups in total. The average Bonchev–Trinajstić information content (AvgIpc) is 2.75. The average molecular weight is 343 g/mol. The monoisotopic (exact) mass is 342 g/mol. The maximum absolute atomic E-state index is 13.6. The van der Waals surface area contributed by atoms with Gasteiger partial charge in [-0.15, -0.1) is 0 Å². The fourth-order valence-electron chi connectivity index (χ4n) is 2.29. The first kappa shape index (κ1) is 17.0. The van der Waals surface area contributed by atoms with E-state index in [0.717, 1.165) is 6.07 Å². The smallest absolute Gasteiger partial charge is 0.322 e. The van der Waals surface area contributed by atoms with E-state index in [9.17, 15) is 18.8 Å². The van der Waals surface area contributed by atoms with Gasteiger partial charge in [-0.05, 0) is 31.0 Å². The highest BCUT2D eigenvalue weighted by Crippen LogP contribution is 2.24. The predicted molar refractivity (Wildman–Crippen MR) is 82.3 cm³/mol. The maximum Gasteiger partial charge on any atom is 0.344 e. The molecule has 0 aliphatic carbocycles. The lowest BCUT2D eigenvalue weighted by Gasteiger charge is -2.23. The number of hydrogen-bond donors (Lipinski definition) is 3. The summed E-state index contributed by atoms with van der Waals surface area (Å²) >= 11 is 5.62. The molecule has 1 aromatic rings. The van der Waals surface area contributed by atoms with E-state index in [4.69, 9.17) is 11.6 Å². The molecule has 0 unspecified atom stereocenters. The highest BCUT2D eigenvalue weighted by molar-refractivity contribution is 6.30. The summed E-state index contributed by atoms with van der Waals surface area (Å²) in [4.78, 5) is 36.1. The van der Waals surface area contributed by atoms with Gasteiger partial charge in [0.1, 0.15) is 11.4 Å². The molecule has 7 nitrogen and oxygen atoms in total. The summed E-state index contributed by atoms with van der Waals surface area (Å²) < 4.78 is 13.6. The molecule has 0 aromatic heterocycles. The number of carbonyl (C=O) groups excluding carboxylic acids is 3. The number of urea groups is 2. The maximum atomic E-state index is 13.6. The van der Waals surface area contributed by atoms with Crippen molar-refractivity contribution >= 4 is 35.3 Å². The van der Waals surface area contributed by atoms with Crippen LogP contribution in [-0.4, -0.2) is 28.5 Å². The molecular formula is C14H16ClFN4O3. The Morgan fingerprint density at radius 2 is 2.00 bits per heavy atom. The van der Waals surface area contributed by atoms with Crippen LogP contribution in [-0.2, 0) is 4.79 Å².